The van der Waals surface area contributed by atoms with Gasteiger partial charge in [-0.05, 0) is 54.1 Å². The van der Waals surface area contributed by atoms with Crippen molar-refractivity contribution in [2.45, 2.75) is 51.6 Å². The number of likely N-dealkylation sites (N-methyl/N-ethyl adjacent to an activating group) is 1. The Bertz CT molecular complexity index is 1110. The molecule has 164 valence electrons. The average Bonchev–Trinajstić information content (AvgIpc) is 3.47. The number of para-hydroxylation sites is 1. The number of aromatic amines is 1. The fraction of sp³-hybridized carbons (Fsp3) is 0.565. The number of hydrogen-bond donors (Lipinski definition) is 3. The zero-order valence-corrected chi connectivity index (χ0v) is 18.5. The summed E-state index contributed by atoms with van der Waals surface area (Å²) in [4.78, 5) is 19.5. The van der Waals surface area contributed by atoms with Crippen molar-refractivity contribution in [2.75, 3.05) is 32.7 Å². The number of rotatable bonds is 5. The number of H-pyrrole nitrogens is 1. The lowest BCUT2D eigenvalue weighted by Crippen LogP contribution is -3.28. The minimum Gasteiger partial charge on any atom is -0.326 e. The molecule has 0 spiro atoms. The number of piperazine rings is 1. The predicted molar refractivity (Wildman–Crippen MR) is 118 cm³/mol. The van der Waals surface area contributed by atoms with Crippen LogP contribution in [-0.2, 0) is 0 Å². The number of fused-ring (bicyclic) bond motifs is 1. The number of aromatic nitrogens is 5. The summed E-state index contributed by atoms with van der Waals surface area (Å²) in [6.07, 6.45) is 4.66. The van der Waals surface area contributed by atoms with Crippen LogP contribution in [0.1, 0.15) is 61.6 Å². The van der Waals surface area contributed by atoms with Gasteiger partial charge in [0.05, 0.1) is 23.7 Å². The topological polar surface area (TPSA) is 85.3 Å². The normalized spacial score (nSPS) is 23.4. The quantitative estimate of drug-likeness (QED) is 0.532. The first-order valence-corrected chi connectivity index (χ1v) is 11.7. The summed E-state index contributed by atoms with van der Waals surface area (Å²) in [5.74, 6) is 0.847. The Hall–Kier alpha value is -2.58. The maximum atomic E-state index is 13.4. The van der Waals surface area contributed by atoms with Crippen molar-refractivity contribution in [3.8, 4) is 0 Å². The standard InChI is InChI=1S/C23H31N7O/c1-3-28-11-13-29(14-12-28)21(22-25-26-27-30(22)18-9-4-5-10-18)19-15-17-8-6-7-16(2)20(17)24-23(19)31/h6-8,15,18,21H,3-5,9-14H2,1-2H3,(H,24,31)/p+2/t21-/m0/s1. The van der Waals surface area contributed by atoms with Crippen molar-refractivity contribution >= 4 is 10.9 Å². The van der Waals surface area contributed by atoms with Gasteiger partial charge in [-0.2, -0.15) is 0 Å². The van der Waals surface area contributed by atoms with Gasteiger partial charge in [0.25, 0.3) is 5.56 Å². The van der Waals surface area contributed by atoms with E-state index in [0.717, 1.165) is 73.4 Å². The second kappa shape index (κ2) is 8.51. The zero-order valence-electron chi connectivity index (χ0n) is 18.5. The van der Waals surface area contributed by atoms with Crippen LogP contribution in [0.5, 0.6) is 0 Å². The summed E-state index contributed by atoms with van der Waals surface area (Å²) in [5, 5.41) is 14.1. The van der Waals surface area contributed by atoms with Crippen LogP contribution in [0.4, 0.5) is 0 Å². The Balaban J connectivity index is 1.62. The van der Waals surface area contributed by atoms with Crippen LogP contribution in [0.2, 0.25) is 0 Å². The molecule has 0 amide bonds. The predicted octanol–water partition coefficient (Wildman–Crippen LogP) is -0.169. The minimum atomic E-state index is -0.150. The van der Waals surface area contributed by atoms with E-state index in [4.69, 9.17) is 0 Å². The second-order valence-electron chi connectivity index (χ2n) is 9.21. The van der Waals surface area contributed by atoms with Crippen LogP contribution in [0.15, 0.2) is 29.1 Å². The molecule has 3 aromatic rings. The average molecular weight is 424 g/mol. The number of tetrazole rings is 1. The van der Waals surface area contributed by atoms with Gasteiger partial charge in [-0.3, -0.25) is 4.79 Å². The fourth-order valence-electron chi connectivity index (χ4n) is 5.52. The number of hydrogen-bond acceptors (Lipinski definition) is 4. The number of nitrogens with zero attached hydrogens (tertiary/aromatic N) is 4. The first-order valence-electron chi connectivity index (χ1n) is 11.7. The van der Waals surface area contributed by atoms with E-state index in [2.05, 4.69) is 39.6 Å². The Morgan fingerprint density at radius 3 is 2.71 bits per heavy atom. The van der Waals surface area contributed by atoms with Crippen LogP contribution in [0, 0.1) is 6.92 Å². The van der Waals surface area contributed by atoms with Gasteiger partial charge >= 0.3 is 0 Å². The molecule has 1 saturated carbocycles. The molecule has 2 fully saturated rings. The van der Waals surface area contributed by atoms with E-state index in [-0.39, 0.29) is 11.6 Å². The molecule has 3 heterocycles. The summed E-state index contributed by atoms with van der Waals surface area (Å²) in [6.45, 7) is 9.67. The van der Waals surface area contributed by atoms with Gasteiger partial charge in [0, 0.05) is 0 Å². The summed E-state index contributed by atoms with van der Waals surface area (Å²) < 4.78 is 2.03. The zero-order chi connectivity index (χ0) is 21.4. The van der Waals surface area contributed by atoms with Crippen LogP contribution in [0.25, 0.3) is 10.9 Å². The summed E-state index contributed by atoms with van der Waals surface area (Å²) in [7, 11) is 0. The van der Waals surface area contributed by atoms with Crippen molar-refractivity contribution in [2.24, 2.45) is 0 Å². The molecule has 31 heavy (non-hydrogen) atoms. The first-order chi connectivity index (χ1) is 15.2. The Kier molecular flexibility index (Phi) is 5.58. The lowest BCUT2D eigenvalue weighted by atomic mass is 10.0. The van der Waals surface area contributed by atoms with Gasteiger partial charge in [-0.15, -0.1) is 5.10 Å². The summed E-state index contributed by atoms with van der Waals surface area (Å²) in [6, 6.07) is 8.43. The van der Waals surface area contributed by atoms with Gasteiger partial charge in [-0.1, -0.05) is 31.0 Å². The van der Waals surface area contributed by atoms with Crippen LogP contribution >= 0.6 is 0 Å². The largest absolute Gasteiger partial charge is 0.326 e. The molecule has 8 heteroatoms. The van der Waals surface area contributed by atoms with E-state index in [0.29, 0.717) is 6.04 Å². The van der Waals surface area contributed by atoms with E-state index < -0.39 is 0 Å². The molecule has 0 bridgehead atoms. The number of quaternary nitrogens is 2. The van der Waals surface area contributed by atoms with Crippen LogP contribution in [-0.4, -0.2) is 57.9 Å². The lowest BCUT2D eigenvalue weighted by molar-refractivity contribution is -1.02. The number of aryl methyl sites for hydroxylation is 1. The maximum absolute atomic E-state index is 13.4. The van der Waals surface area contributed by atoms with Gasteiger partial charge in [-0.25, -0.2) is 4.68 Å². The van der Waals surface area contributed by atoms with Gasteiger partial charge < -0.3 is 14.8 Å². The van der Waals surface area contributed by atoms with Gasteiger partial charge in [0.15, 0.2) is 6.04 Å². The third kappa shape index (κ3) is 3.78. The van der Waals surface area contributed by atoms with Crippen molar-refractivity contribution in [3.05, 3.63) is 51.6 Å². The lowest BCUT2D eigenvalue weighted by Gasteiger charge is -2.34. The molecule has 2 aliphatic rings. The molecule has 1 atom stereocenters. The SMILES string of the molecule is CC[NH+]1CC[NH+]([C@@H](c2cc3cccc(C)c3[nH]c2=O)c2nnnn2C2CCCC2)CC1. The molecule has 1 aliphatic heterocycles. The smallest absolute Gasteiger partial charge is 0.258 e. The highest BCUT2D eigenvalue weighted by molar-refractivity contribution is 5.82. The molecule has 0 unspecified atom stereocenters. The monoisotopic (exact) mass is 423 g/mol. The molecular formula is C23H33N7O+2. The molecule has 2 aromatic heterocycles. The first kappa shape index (κ1) is 20.3. The highest BCUT2D eigenvalue weighted by atomic mass is 16.1. The Morgan fingerprint density at radius 1 is 1.19 bits per heavy atom. The highest BCUT2D eigenvalue weighted by Gasteiger charge is 2.38. The van der Waals surface area contributed by atoms with Crippen molar-refractivity contribution in [3.63, 3.8) is 0 Å². The highest BCUT2D eigenvalue weighted by Crippen LogP contribution is 2.31. The fourth-order valence-corrected chi connectivity index (χ4v) is 5.52. The van der Waals surface area contributed by atoms with Gasteiger partial charge in [0.1, 0.15) is 26.2 Å². The van der Waals surface area contributed by atoms with Crippen LogP contribution < -0.4 is 15.4 Å². The summed E-state index contributed by atoms with van der Waals surface area (Å²) in [5.41, 5.74) is 2.76. The molecule has 1 aromatic carbocycles. The van der Waals surface area contributed by atoms with E-state index in [1.54, 1.807) is 4.90 Å². The van der Waals surface area contributed by atoms with Crippen molar-refractivity contribution in [1.82, 2.24) is 25.2 Å². The molecule has 0 radical (unpaired) electrons. The van der Waals surface area contributed by atoms with Gasteiger partial charge in [0.2, 0.25) is 5.82 Å². The molecule has 8 nitrogen and oxygen atoms in total. The van der Waals surface area contributed by atoms with E-state index in [1.165, 1.54) is 17.7 Å². The molecule has 1 saturated heterocycles. The third-order valence-electron chi connectivity index (χ3n) is 7.38. The number of pyridine rings is 1. The third-order valence-corrected chi connectivity index (χ3v) is 7.38. The maximum Gasteiger partial charge on any atom is 0.258 e. The molecule has 3 N–H and O–H groups in total. The molecule has 1 aliphatic carbocycles. The minimum absolute atomic E-state index is 0.0226. The van der Waals surface area contributed by atoms with Crippen molar-refractivity contribution < 1.29 is 9.80 Å². The number of nitrogens with one attached hydrogen (secondary N) is 3. The molecular weight excluding hydrogens is 390 g/mol. The second-order valence-corrected chi connectivity index (χ2v) is 9.21. The Labute approximate surface area is 182 Å². The van der Waals surface area contributed by atoms with Crippen molar-refractivity contribution in [1.29, 1.82) is 0 Å². The Morgan fingerprint density at radius 2 is 1.97 bits per heavy atom. The van der Waals surface area contributed by atoms with E-state index >= 15 is 0 Å². The van der Waals surface area contributed by atoms with Crippen LogP contribution in [0.3, 0.4) is 0 Å². The van der Waals surface area contributed by atoms with E-state index in [9.17, 15) is 4.79 Å². The van der Waals surface area contributed by atoms with E-state index in [1.807, 2.05) is 23.7 Å². The molecule has 5 rings (SSSR count). The summed E-state index contributed by atoms with van der Waals surface area (Å²) >= 11 is 0. The number of benzene rings is 1.